The molecule has 1 amide bonds. The number of aryl methyl sites for hydroxylation is 1. The highest BCUT2D eigenvalue weighted by atomic mass is 32.2. The molecule has 0 bridgehead atoms. The lowest BCUT2D eigenvalue weighted by Crippen LogP contribution is -2.24. The van der Waals surface area contributed by atoms with Crippen molar-refractivity contribution >= 4 is 22.0 Å². The summed E-state index contributed by atoms with van der Waals surface area (Å²) >= 11 is 0. The Morgan fingerprint density at radius 2 is 2.03 bits per heavy atom. The fourth-order valence-corrected chi connectivity index (χ4v) is 3.68. The Morgan fingerprint density at radius 1 is 1.23 bits per heavy atom. The van der Waals surface area contributed by atoms with E-state index >= 15 is 0 Å². The standard InChI is InChI=1S/C20H23N5O4S/c1-2-25-15-22-24-19(25)11-12-21-20(26)10-7-16-5-8-18(9-6-16)30(27,28)23-14-17-4-3-13-29-17/h3-10,13,15,23H,2,11-12,14H2,1H3,(H,21,26). The van der Waals surface area contributed by atoms with E-state index in [2.05, 4.69) is 20.2 Å². The molecule has 3 rings (SSSR count). The van der Waals surface area contributed by atoms with Gasteiger partial charge in [0.2, 0.25) is 15.9 Å². The van der Waals surface area contributed by atoms with Crippen LogP contribution in [0.5, 0.6) is 0 Å². The van der Waals surface area contributed by atoms with Crippen LogP contribution in [0.15, 0.2) is 64.4 Å². The number of rotatable bonds is 10. The first-order chi connectivity index (χ1) is 14.5. The Morgan fingerprint density at radius 3 is 2.73 bits per heavy atom. The van der Waals surface area contributed by atoms with Crippen LogP contribution in [-0.4, -0.2) is 35.6 Å². The quantitative estimate of drug-likeness (QED) is 0.474. The molecule has 2 heterocycles. The third-order valence-corrected chi connectivity index (χ3v) is 5.74. The summed E-state index contributed by atoms with van der Waals surface area (Å²) in [4.78, 5) is 12.1. The van der Waals surface area contributed by atoms with E-state index in [0.717, 1.165) is 12.4 Å². The summed E-state index contributed by atoms with van der Waals surface area (Å²) < 4.78 is 34.1. The molecule has 158 valence electrons. The van der Waals surface area contributed by atoms with Crippen molar-refractivity contribution < 1.29 is 17.6 Å². The van der Waals surface area contributed by atoms with Crippen LogP contribution < -0.4 is 10.0 Å². The topological polar surface area (TPSA) is 119 Å². The zero-order valence-electron chi connectivity index (χ0n) is 16.5. The largest absolute Gasteiger partial charge is 0.468 e. The maximum absolute atomic E-state index is 12.3. The minimum atomic E-state index is -3.65. The highest BCUT2D eigenvalue weighted by Crippen LogP contribution is 2.12. The molecule has 1 aromatic carbocycles. The molecule has 0 saturated heterocycles. The van der Waals surface area contributed by atoms with Crippen LogP contribution in [0.2, 0.25) is 0 Å². The van der Waals surface area contributed by atoms with Crippen molar-refractivity contribution in [1.29, 1.82) is 0 Å². The lowest BCUT2D eigenvalue weighted by Gasteiger charge is -2.06. The van der Waals surface area contributed by atoms with Crippen LogP contribution in [0.1, 0.15) is 24.1 Å². The summed E-state index contributed by atoms with van der Waals surface area (Å²) in [5.74, 6) is 1.10. The molecule has 0 unspecified atom stereocenters. The molecule has 0 fully saturated rings. The molecular weight excluding hydrogens is 406 g/mol. The van der Waals surface area contributed by atoms with Gasteiger partial charge in [-0.3, -0.25) is 4.79 Å². The average Bonchev–Trinajstić information content (AvgIpc) is 3.43. The fourth-order valence-electron chi connectivity index (χ4n) is 2.69. The predicted octanol–water partition coefficient (Wildman–Crippen LogP) is 1.74. The lowest BCUT2D eigenvalue weighted by atomic mass is 10.2. The summed E-state index contributed by atoms with van der Waals surface area (Å²) in [6.07, 6.45) is 6.76. The number of carbonyl (C=O) groups is 1. The zero-order chi connectivity index (χ0) is 21.4. The van der Waals surface area contributed by atoms with Crippen molar-refractivity contribution in [2.45, 2.75) is 31.3 Å². The fraction of sp³-hybridized carbons (Fsp3) is 0.250. The summed E-state index contributed by atoms with van der Waals surface area (Å²) in [6.45, 7) is 3.30. The molecule has 0 aliphatic heterocycles. The Hall–Kier alpha value is -3.24. The summed E-state index contributed by atoms with van der Waals surface area (Å²) in [6, 6.07) is 9.62. The number of aromatic nitrogens is 3. The van der Waals surface area contributed by atoms with E-state index in [1.54, 1.807) is 36.7 Å². The summed E-state index contributed by atoms with van der Waals surface area (Å²) in [5.41, 5.74) is 0.709. The normalized spacial score (nSPS) is 11.8. The number of carbonyl (C=O) groups excluding carboxylic acids is 1. The second-order valence-electron chi connectivity index (χ2n) is 6.38. The number of nitrogens with zero attached hydrogens (tertiary/aromatic N) is 3. The summed E-state index contributed by atoms with van der Waals surface area (Å²) in [7, 11) is -3.65. The van der Waals surface area contributed by atoms with E-state index in [1.165, 1.54) is 24.5 Å². The molecule has 0 radical (unpaired) electrons. The molecular formula is C20H23N5O4S. The third-order valence-electron chi connectivity index (χ3n) is 4.32. The van der Waals surface area contributed by atoms with E-state index in [-0.39, 0.29) is 17.3 Å². The van der Waals surface area contributed by atoms with Gasteiger partial charge in [-0.1, -0.05) is 12.1 Å². The van der Waals surface area contributed by atoms with Crippen molar-refractivity contribution in [2.75, 3.05) is 6.54 Å². The van der Waals surface area contributed by atoms with Gasteiger partial charge in [0.05, 0.1) is 17.7 Å². The van der Waals surface area contributed by atoms with Crippen molar-refractivity contribution in [2.24, 2.45) is 0 Å². The van der Waals surface area contributed by atoms with Crippen LogP contribution in [0, 0.1) is 0 Å². The molecule has 30 heavy (non-hydrogen) atoms. The molecule has 2 N–H and O–H groups in total. The monoisotopic (exact) mass is 429 g/mol. The number of hydrogen-bond acceptors (Lipinski definition) is 6. The number of furan rings is 1. The maximum Gasteiger partial charge on any atom is 0.244 e. The van der Waals surface area contributed by atoms with Crippen molar-refractivity contribution in [1.82, 2.24) is 24.8 Å². The first-order valence-electron chi connectivity index (χ1n) is 9.42. The molecule has 10 heteroatoms. The van der Waals surface area contributed by atoms with E-state index < -0.39 is 10.0 Å². The van der Waals surface area contributed by atoms with Gasteiger partial charge in [-0.2, -0.15) is 0 Å². The Labute approximate surface area is 174 Å². The minimum Gasteiger partial charge on any atom is -0.468 e. The van der Waals surface area contributed by atoms with Gasteiger partial charge in [-0.15, -0.1) is 10.2 Å². The first-order valence-corrected chi connectivity index (χ1v) is 10.9. The third kappa shape index (κ3) is 5.88. The van der Waals surface area contributed by atoms with E-state index in [4.69, 9.17) is 4.42 Å². The molecule has 3 aromatic rings. The first kappa shape index (κ1) is 21.5. The van der Waals surface area contributed by atoms with E-state index in [9.17, 15) is 13.2 Å². The smallest absolute Gasteiger partial charge is 0.244 e. The number of hydrogen-bond donors (Lipinski definition) is 2. The Kier molecular flexibility index (Phi) is 7.15. The highest BCUT2D eigenvalue weighted by Gasteiger charge is 2.14. The number of sulfonamides is 1. The molecule has 0 atom stereocenters. The van der Waals surface area contributed by atoms with E-state index in [0.29, 0.717) is 24.3 Å². The number of amides is 1. The van der Waals surface area contributed by atoms with Crippen molar-refractivity contribution in [3.63, 3.8) is 0 Å². The molecule has 0 spiro atoms. The molecule has 9 nitrogen and oxygen atoms in total. The zero-order valence-corrected chi connectivity index (χ0v) is 17.3. The van der Waals surface area contributed by atoms with Crippen LogP contribution in [0.3, 0.4) is 0 Å². The van der Waals surface area contributed by atoms with Gasteiger partial charge < -0.3 is 14.3 Å². The van der Waals surface area contributed by atoms with Gasteiger partial charge in [-0.05, 0) is 42.8 Å². The van der Waals surface area contributed by atoms with Gasteiger partial charge in [-0.25, -0.2) is 13.1 Å². The SMILES string of the molecule is CCn1cnnc1CCNC(=O)C=Cc1ccc(S(=O)(=O)NCc2ccco2)cc1. The number of nitrogens with one attached hydrogen (secondary N) is 2. The molecule has 0 aliphatic rings. The van der Waals surface area contributed by atoms with Gasteiger partial charge in [0.25, 0.3) is 0 Å². The number of benzene rings is 1. The van der Waals surface area contributed by atoms with E-state index in [1.807, 2.05) is 11.5 Å². The molecule has 2 aromatic heterocycles. The lowest BCUT2D eigenvalue weighted by molar-refractivity contribution is -0.116. The minimum absolute atomic E-state index is 0.0751. The highest BCUT2D eigenvalue weighted by molar-refractivity contribution is 7.89. The Balaban J connectivity index is 1.49. The molecule has 0 aliphatic carbocycles. The van der Waals surface area contributed by atoms with Gasteiger partial charge in [0.15, 0.2) is 0 Å². The maximum atomic E-state index is 12.3. The van der Waals surface area contributed by atoms with Crippen molar-refractivity contribution in [3.05, 3.63) is 72.2 Å². The van der Waals surface area contributed by atoms with Crippen LogP contribution in [0.4, 0.5) is 0 Å². The predicted molar refractivity (Wildman–Crippen MR) is 111 cm³/mol. The second-order valence-corrected chi connectivity index (χ2v) is 8.15. The van der Waals surface area contributed by atoms with Crippen LogP contribution in [-0.2, 0) is 34.3 Å². The van der Waals surface area contributed by atoms with Crippen molar-refractivity contribution in [3.8, 4) is 0 Å². The average molecular weight is 430 g/mol. The van der Waals surface area contributed by atoms with Gasteiger partial charge in [0.1, 0.15) is 17.9 Å². The van der Waals surface area contributed by atoms with Gasteiger partial charge >= 0.3 is 0 Å². The Bertz CT molecular complexity index is 1090. The molecule has 0 saturated carbocycles. The second kappa shape index (κ2) is 9.99. The van der Waals surface area contributed by atoms with Gasteiger partial charge in [0, 0.05) is 25.6 Å². The summed E-state index contributed by atoms with van der Waals surface area (Å²) in [5, 5.41) is 10.7. The van der Waals surface area contributed by atoms with Crippen LogP contribution in [0.25, 0.3) is 6.08 Å². The van der Waals surface area contributed by atoms with Crippen LogP contribution >= 0.6 is 0 Å².